The Hall–Kier alpha value is -1.78. The third-order valence-electron chi connectivity index (χ3n) is 5.65. The molecule has 9 heteroatoms. The van der Waals surface area contributed by atoms with Crippen molar-refractivity contribution >= 4 is 21.2 Å². The Bertz CT molecular complexity index is 1020. The lowest BCUT2D eigenvalue weighted by Gasteiger charge is -2.37. The Morgan fingerprint density at radius 2 is 1.66 bits per heavy atom. The van der Waals surface area contributed by atoms with Crippen LogP contribution in [0.25, 0.3) is 11.0 Å². The minimum atomic E-state index is -3.44. The number of piperazine rings is 1. The summed E-state index contributed by atoms with van der Waals surface area (Å²) >= 11 is 0. The van der Waals surface area contributed by atoms with Crippen molar-refractivity contribution in [1.82, 2.24) is 13.5 Å². The van der Waals surface area contributed by atoms with Crippen LogP contribution in [0.15, 0.2) is 33.5 Å². The molecule has 2 aliphatic heterocycles. The average Bonchev–Trinajstić information content (AvgIpc) is 2.74. The van der Waals surface area contributed by atoms with Crippen molar-refractivity contribution in [1.29, 1.82) is 0 Å². The van der Waals surface area contributed by atoms with E-state index in [0.29, 0.717) is 64.6 Å². The first kappa shape index (κ1) is 20.5. The Kier molecular flexibility index (Phi) is 6.03. The molecule has 8 nitrogen and oxygen atoms in total. The molecule has 2 fully saturated rings. The topological polar surface area (TPSA) is 83.3 Å². The maximum atomic E-state index is 12.8. The molecule has 2 aliphatic rings. The quantitative estimate of drug-likeness (QED) is 0.671. The molecule has 1 aromatic carbocycles. The monoisotopic (exact) mass is 421 g/mol. The van der Waals surface area contributed by atoms with Crippen LogP contribution < -0.4 is 5.63 Å². The van der Waals surface area contributed by atoms with Gasteiger partial charge < -0.3 is 9.15 Å². The highest BCUT2D eigenvalue weighted by Gasteiger charge is 2.33. The number of hydrogen-bond donors (Lipinski definition) is 0. The fraction of sp³-hybridized carbons (Fsp3) is 0.550. The van der Waals surface area contributed by atoms with Gasteiger partial charge in [-0.3, -0.25) is 4.90 Å². The predicted octanol–water partition coefficient (Wildman–Crippen LogP) is 1.05. The van der Waals surface area contributed by atoms with Crippen molar-refractivity contribution in [3.05, 3.63) is 45.8 Å². The number of nitrogens with zero attached hydrogens (tertiary/aromatic N) is 3. The van der Waals surface area contributed by atoms with E-state index in [2.05, 4.69) is 17.9 Å². The molecule has 2 saturated heterocycles. The van der Waals surface area contributed by atoms with Crippen molar-refractivity contribution in [2.75, 3.05) is 52.5 Å². The number of ether oxygens (including phenoxy) is 1. The van der Waals surface area contributed by atoms with Gasteiger partial charge in [0.2, 0.25) is 0 Å². The van der Waals surface area contributed by atoms with Crippen LogP contribution in [-0.2, 0) is 27.9 Å². The molecule has 0 N–H and O–H groups in total. The fourth-order valence-corrected chi connectivity index (χ4v) is 5.49. The zero-order chi connectivity index (χ0) is 20.4. The van der Waals surface area contributed by atoms with E-state index in [1.165, 1.54) is 4.31 Å². The zero-order valence-corrected chi connectivity index (χ0v) is 17.5. The molecule has 2 aromatic rings. The lowest BCUT2D eigenvalue weighted by molar-refractivity contribution is 0.0684. The SMILES string of the molecule is CCc1ccc2c(CN3CCN(S(=O)(=O)N4CCOCC4)CC3)cc(=O)oc2c1. The van der Waals surface area contributed by atoms with E-state index in [0.717, 1.165) is 22.9 Å². The number of fused-ring (bicyclic) bond motifs is 1. The summed E-state index contributed by atoms with van der Waals surface area (Å²) in [6.45, 7) is 6.51. The molecule has 0 radical (unpaired) electrons. The van der Waals surface area contributed by atoms with Crippen LogP contribution in [0, 0.1) is 0 Å². The van der Waals surface area contributed by atoms with E-state index < -0.39 is 10.2 Å². The van der Waals surface area contributed by atoms with Gasteiger partial charge in [0.05, 0.1) is 13.2 Å². The van der Waals surface area contributed by atoms with Gasteiger partial charge in [-0.1, -0.05) is 19.1 Å². The number of hydrogen-bond acceptors (Lipinski definition) is 6. The lowest BCUT2D eigenvalue weighted by atomic mass is 10.1. The van der Waals surface area contributed by atoms with Crippen molar-refractivity contribution in [2.24, 2.45) is 0 Å². The lowest BCUT2D eigenvalue weighted by Crippen LogP contribution is -2.54. The minimum absolute atomic E-state index is 0.353. The smallest absolute Gasteiger partial charge is 0.336 e. The third-order valence-corrected chi connectivity index (χ3v) is 7.69. The number of aryl methyl sites for hydroxylation is 1. The molecule has 0 atom stereocenters. The Balaban J connectivity index is 1.45. The molecule has 0 spiro atoms. The zero-order valence-electron chi connectivity index (χ0n) is 16.7. The largest absolute Gasteiger partial charge is 0.423 e. The normalized spacial score (nSPS) is 20.3. The van der Waals surface area contributed by atoms with Gasteiger partial charge in [0, 0.05) is 57.3 Å². The van der Waals surface area contributed by atoms with Crippen LogP contribution in [0.5, 0.6) is 0 Å². The minimum Gasteiger partial charge on any atom is -0.423 e. The molecule has 0 bridgehead atoms. The average molecular weight is 422 g/mol. The van der Waals surface area contributed by atoms with E-state index in [9.17, 15) is 13.2 Å². The summed E-state index contributed by atoms with van der Waals surface area (Å²) in [7, 11) is -3.44. The van der Waals surface area contributed by atoms with Gasteiger partial charge in [-0.25, -0.2) is 4.79 Å². The van der Waals surface area contributed by atoms with Crippen LogP contribution >= 0.6 is 0 Å². The first-order chi connectivity index (χ1) is 14.0. The Morgan fingerprint density at radius 3 is 2.34 bits per heavy atom. The van der Waals surface area contributed by atoms with Crippen LogP contribution in [0.3, 0.4) is 0 Å². The van der Waals surface area contributed by atoms with E-state index in [-0.39, 0.29) is 5.63 Å². The summed E-state index contributed by atoms with van der Waals surface area (Å²) in [5, 5.41) is 0.935. The summed E-state index contributed by atoms with van der Waals surface area (Å²) in [6, 6.07) is 7.53. The number of morpholine rings is 1. The first-order valence-electron chi connectivity index (χ1n) is 10.1. The molecule has 29 heavy (non-hydrogen) atoms. The van der Waals surface area contributed by atoms with Crippen molar-refractivity contribution in [3.63, 3.8) is 0 Å². The highest BCUT2D eigenvalue weighted by Crippen LogP contribution is 2.22. The number of benzene rings is 1. The highest BCUT2D eigenvalue weighted by molar-refractivity contribution is 7.86. The highest BCUT2D eigenvalue weighted by atomic mass is 32.2. The predicted molar refractivity (Wildman–Crippen MR) is 110 cm³/mol. The molecule has 158 valence electrons. The van der Waals surface area contributed by atoms with E-state index in [4.69, 9.17) is 9.15 Å². The summed E-state index contributed by atoms with van der Waals surface area (Å²) < 4.78 is 39.3. The van der Waals surface area contributed by atoms with Crippen LogP contribution in [0.2, 0.25) is 0 Å². The van der Waals surface area contributed by atoms with Gasteiger partial charge in [0.1, 0.15) is 5.58 Å². The third kappa shape index (κ3) is 4.39. The van der Waals surface area contributed by atoms with Gasteiger partial charge in [-0.15, -0.1) is 0 Å². The van der Waals surface area contributed by atoms with Crippen LogP contribution in [0.1, 0.15) is 18.1 Å². The van der Waals surface area contributed by atoms with Crippen LogP contribution in [0.4, 0.5) is 0 Å². The van der Waals surface area contributed by atoms with Crippen molar-refractivity contribution < 1.29 is 17.6 Å². The van der Waals surface area contributed by atoms with E-state index in [1.807, 2.05) is 12.1 Å². The molecule has 3 heterocycles. The summed E-state index contributed by atoms with van der Waals surface area (Å²) in [6.07, 6.45) is 0.878. The summed E-state index contributed by atoms with van der Waals surface area (Å²) in [4.78, 5) is 14.2. The fourth-order valence-electron chi connectivity index (χ4n) is 3.92. The second-order valence-electron chi connectivity index (χ2n) is 7.47. The molecule has 0 aliphatic carbocycles. The summed E-state index contributed by atoms with van der Waals surface area (Å²) in [5.74, 6) is 0. The summed E-state index contributed by atoms with van der Waals surface area (Å²) in [5.41, 5.74) is 2.30. The van der Waals surface area contributed by atoms with Crippen LogP contribution in [-0.4, -0.2) is 74.4 Å². The maximum absolute atomic E-state index is 12.8. The first-order valence-corrected chi connectivity index (χ1v) is 11.5. The van der Waals surface area contributed by atoms with Gasteiger partial charge in [-0.05, 0) is 23.6 Å². The molecule has 4 rings (SSSR count). The Labute approximate surface area is 170 Å². The van der Waals surface area contributed by atoms with Gasteiger partial charge in [0.15, 0.2) is 0 Å². The van der Waals surface area contributed by atoms with E-state index >= 15 is 0 Å². The van der Waals surface area contributed by atoms with Crippen molar-refractivity contribution in [3.8, 4) is 0 Å². The molecular formula is C20H27N3O5S. The van der Waals surface area contributed by atoms with Gasteiger partial charge in [0.25, 0.3) is 10.2 Å². The second-order valence-corrected chi connectivity index (χ2v) is 9.40. The van der Waals surface area contributed by atoms with Gasteiger partial charge >= 0.3 is 5.63 Å². The van der Waals surface area contributed by atoms with Gasteiger partial charge in [-0.2, -0.15) is 17.0 Å². The molecule has 1 aromatic heterocycles. The van der Waals surface area contributed by atoms with E-state index in [1.54, 1.807) is 10.4 Å². The molecule has 0 saturated carbocycles. The maximum Gasteiger partial charge on any atom is 0.336 e. The molecular weight excluding hydrogens is 394 g/mol. The molecule has 0 unspecified atom stereocenters. The second kappa shape index (κ2) is 8.53. The Morgan fingerprint density at radius 1 is 0.966 bits per heavy atom. The van der Waals surface area contributed by atoms with Crippen molar-refractivity contribution in [2.45, 2.75) is 19.9 Å². The standard InChI is InChI=1S/C20H27N3O5S/c1-2-16-3-4-18-17(14-20(24)28-19(18)13-16)15-21-5-7-22(8-6-21)29(25,26)23-9-11-27-12-10-23/h3-4,13-14H,2,5-12,15H2,1H3. The number of rotatable bonds is 5. The molecule has 0 amide bonds.